The number of carbonyl (C=O) groups excluding carboxylic acids is 2. The van der Waals surface area contributed by atoms with Crippen molar-refractivity contribution in [1.82, 2.24) is 10.3 Å². The van der Waals surface area contributed by atoms with Crippen LogP contribution in [0.3, 0.4) is 0 Å². The zero-order valence-corrected chi connectivity index (χ0v) is 16.7. The minimum Gasteiger partial charge on any atom is -0.467 e. The van der Waals surface area contributed by atoms with E-state index in [9.17, 15) is 9.59 Å². The van der Waals surface area contributed by atoms with E-state index in [1.807, 2.05) is 16.8 Å². The van der Waals surface area contributed by atoms with Crippen LogP contribution in [-0.2, 0) is 6.54 Å². The highest BCUT2D eigenvalue weighted by Crippen LogP contribution is 2.26. The predicted molar refractivity (Wildman–Crippen MR) is 114 cm³/mol. The van der Waals surface area contributed by atoms with Crippen LogP contribution < -0.4 is 16.0 Å². The van der Waals surface area contributed by atoms with Gasteiger partial charge in [0.05, 0.1) is 12.8 Å². The van der Waals surface area contributed by atoms with Gasteiger partial charge in [-0.3, -0.25) is 4.79 Å². The number of furan rings is 1. The van der Waals surface area contributed by atoms with Gasteiger partial charge in [-0.25, -0.2) is 9.78 Å². The van der Waals surface area contributed by atoms with Crippen molar-refractivity contribution in [3.8, 4) is 10.6 Å². The molecule has 9 heteroatoms. The van der Waals surface area contributed by atoms with E-state index in [1.54, 1.807) is 59.4 Å². The van der Waals surface area contributed by atoms with Crippen molar-refractivity contribution < 1.29 is 14.0 Å². The number of carbonyl (C=O) groups is 2. The summed E-state index contributed by atoms with van der Waals surface area (Å²) in [5.41, 5.74) is 2.60. The fourth-order valence-electron chi connectivity index (χ4n) is 2.48. The van der Waals surface area contributed by atoms with E-state index in [-0.39, 0.29) is 11.9 Å². The van der Waals surface area contributed by atoms with Gasteiger partial charge in [-0.05, 0) is 47.8 Å². The first-order chi connectivity index (χ1) is 14.2. The molecule has 1 aromatic carbocycles. The Balaban J connectivity index is 1.31. The van der Waals surface area contributed by atoms with E-state index >= 15 is 0 Å². The molecule has 0 saturated carbocycles. The minimum atomic E-state index is -0.346. The highest BCUT2D eigenvalue weighted by molar-refractivity contribution is 7.14. The number of thiazole rings is 1. The molecule has 3 amide bonds. The Bertz CT molecular complexity index is 1090. The van der Waals surface area contributed by atoms with Crippen molar-refractivity contribution in [2.75, 3.05) is 10.6 Å². The normalized spacial score (nSPS) is 10.5. The maximum Gasteiger partial charge on any atom is 0.319 e. The van der Waals surface area contributed by atoms with Gasteiger partial charge < -0.3 is 20.4 Å². The Kier molecular flexibility index (Phi) is 5.68. The lowest BCUT2D eigenvalue weighted by atomic mass is 10.2. The van der Waals surface area contributed by atoms with Gasteiger partial charge in [-0.2, -0.15) is 11.3 Å². The molecule has 4 rings (SSSR count). The summed E-state index contributed by atoms with van der Waals surface area (Å²) in [5.74, 6) is 0.391. The van der Waals surface area contributed by atoms with Crippen LogP contribution in [0.2, 0.25) is 0 Å². The molecule has 0 spiro atoms. The topological polar surface area (TPSA) is 96.3 Å². The van der Waals surface area contributed by atoms with Crippen LogP contribution in [0.25, 0.3) is 10.6 Å². The number of nitrogens with zero attached hydrogens (tertiary/aromatic N) is 1. The number of hydrogen-bond acceptors (Lipinski definition) is 6. The highest BCUT2D eigenvalue weighted by Gasteiger charge is 2.12. The second kappa shape index (κ2) is 8.72. The average molecular weight is 425 g/mol. The van der Waals surface area contributed by atoms with Crippen molar-refractivity contribution in [2.45, 2.75) is 6.54 Å². The highest BCUT2D eigenvalue weighted by atomic mass is 32.1. The summed E-state index contributed by atoms with van der Waals surface area (Å²) >= 11 is 3.02. The molecule has 3 N–H and O–H groups in total. The fraction of sp³-hybridized carbons (Fsp3) is 0.0500. The van der Waals surface area contributed by atoms with Crippen molar-refractivity contribution in [3.05, 3.63) is 76.3 Å². The Morgan fingerprint density at radius 2 is 1.79 bits per heavy atom. The zero-order valence-electron chi connectivity index (χ0n) is 15.0. The first-order valence-corrected chi connectivity index (χ1v) is 10.5. The zero-order chi connectivity index (χ0) is 20.1. The van der Waals surface area contributed by atoms with Crippen LogP contribution in [0, 0.1) is 0 Å². The molecular weight excluding hydrogens is 408 g/mol. The van der Waals surface area contributed by atoms with Crippen molar-refractivity contribution in [3.63, 3.8) is 0 Å². The van der Waals surface area contributed by atoms with Crippen molar-refractivity contribution in [2.24, 2.45) is 0 Å². The van der Waals surface area contributed by atoms with Crippen molar-refractivity contribution in [1.29, 1.82) is 0 Å². The molecule has 0 atom stereocenters. The Hall–Kier alpha value is -3.43. The maximum atomic E-state index is 12.4. The minimum absolute atomic E-state index is 0.278. The Morgan fingerprint density at radius 1 is 1.00 bits per heavy atom. The van der Waals surface area contributed by atoms with Crippen molar-refractivity contribution >= 4 is 46.0 Å². The lowest BCUT2D eigenvalue weighted by molar-refractivity contribution is 0.102. The molecule has 0 radical (unpaired) electrons. The molecule has 0 aliphatic carbocycles. The molecule has 4 aromatic rings. The summed E-state index contributed by atoms with van der Waals surface area (Å²) in [4.78, 5) is 28.7. The number of anilines is 2. The van der Waals surface area contributed by atoms with Gasteiger partial charge in [0.2, 0.25) is 0 Å². The Morgan fingerprint density at radius 3 is 2.48 bits per heavy atom. The first kappa shape index (κ1) is 18.9. The second-order valence-corrected chi connectivity index (χ2v) is 7.61. The van der Waals surface area contributed by atoms with Gasteiger partial charge in [0.1, 0.15) is 16.5 Å². The van der Waals surface area contributed by atoms with E-state index in [1.165, 1.54) is 11.3 Å². The summed E-state index contributed by atoms with van der Waals surface area (Å²) in [6, 6.07) is 12.0. The number of urea groups is 1. The average Bonchev–Trinajstić information content (AvgIpc) is 3.49. The molecular formula is C20H16N4O3S2. The van der Waals surface area contributed by atoms with Crippen LogP contribution in [0.4, 0.5) is 16.2 Å². The monoisotopic (exact) mass is 424 g/mol. The number of aromatic nitrogens is 1. The van der Waals surface area contributed by atoms with Crippen LogP contribution in [0.1, 0.15) is 16.2 Å². The van der Waals surface area contributed by atoms with Gasteiger partial charge in [0, 0.05) is 27.7 Å². The molecule has 29 heavy (non-hydrogen) atoms. The molecule has 3 aromatic heterocycles. The third kappa shape index (κ3) is 4.89. The van der Waals surface area contributed by atoms with Gasteiger partial charge in [-0.15, -0.1) is 11.3 Å². The number of rotatable bonds is 6. The second-order valence-electron chi connectivity index (χ2n) is 5.97. The van der Waals surface area contributed by atoms with E-state index in [2.05, 4.69) is 20.9 Å². The smallest absolute Gasteiger partial charge is 0.319 e. The van der Waals surface area contributed by atoms with Crippen LogP contribution in [0.5, 0.6) is 0 Å². The number of benzene rings is 1. The standard InChI is InChI=1S/C20H16N4O3S2/c25-18(17-12-29-19(24-17)13-7-9-28-11-13)22-14-3-5-15(6-4-14)23-20(26)21-10-16-2-1-8-27-16/h1-9,11-12H,10H2,(H,22,25)(H2,21,23,26). The molecule has 0 saturated heterocycles. The quantitative estimate of drug-likeness (QED) is 0.404. The largest absolute Gasteiger partial charge is 0.467 e. The first-order valence-electron chi connectivity index (χ1n) is 8.64. The number of thiophene rings is 1. The van der Waals surface area contributed by atoms with E-state index in [0.29, 0.717) is 29.4 Å². The van der Waals surface area contributed by atoms with Crippen LogP contribution >= 0.6 is 22.7 Å². The van der Waals surface area contributed by atoms with Gasteiger partial charge in [0.15, 0.2) is 0 Å². The summed E-state index contributed by atoms with van der Waals surface area (Å²) < 4.78 is 5.16. The lowest BCUT2D eigenvalue weighted by Gasteiger charge is -2.08. The summed E-state index contributed by atoms with van der Waals surface area (Å²) in [6.45, 7) is 0.300. The lowest BCUT2D eigenvalue weighted by Crippen LogP contribution is -2.27. The van der Waals surface area contributed by atoms with Gasteiger partial charge in [-0.1, -0.05) is 0 Å². The predicted octanol–water partition coefficient (Wildman–Crippen LogP) is 5.04. The summed E-state index contributed by atoms with van der Waals surface area (Å²) in [6.07, 6.45) is 1.55. The summed E-state index contributed by atoms with van der Waals surface area (Å²) in [7, 11) is 0. The number of amides is 3. The molecule has 0 fully saturated rings. The molecule has 0 unspecified atom stereocenters. The molecule has 0 bridgehead atoms. The van der Waals surface area contributed by atoms with Gasteiger partial charge in [0.25, 0.3) is 5.91 Å². The van der Waals surface area contributed by atoms with E-state index in [4.69, 9.17) is 4.42 Å². The molecule has 7 nitrogen and oxygen atoms in total. The third-order valence-electron chi connectivity index (χ3n) is 3.91. The molecule has 3 heterocycles. The number of hydrogen-bond donors (Lipinski definition) is 3. The third-order valence-corrected chi connectivity index (χ3v) is 5.48. The van der Waals surface area contributed by atoms with Crippen LogP contribution in [-0.4, -0.2) is 16.9 Å². The van der Waals surface area contributed by atoms with Crippen LogP contribution in [0.15, 0.2) is 69.3 Å². The molecule has 0 aliphatic heterocycles. The van der Waals surface area contributed by atoms with E-state index < -0.39 is 0 Å². The van der Waals surface area contributed by atoms with Gasteiger partial charge >= 0.3 is 6.03 Å². The molecule has 146 valence electrons. The Labute approximate surface area is 174 Å². The summed E-state index contributed by atoms with van der Waals surface area (Å²) in [5, 5.41) is 14.8. The number of nitrogens with one attached hydrogen (secondary N) is 3. The van der Waals surface area contributed by atoms with E-state index in [0.717, 1.165) is 10.6 Å². The SMILES string of the molecule is O=C(NCc1ccco1)Nc1ccc(NC(=O)c2csc(-c3ccsc3)n2)cc1. The maximum absolute atomic E-state index is 12.4. The molecule has 0 aliphatic rings. The fourth-order valence-corrected chi connectivity index (χ4v) is 4.00.